The first-order chi connectivity index (χ1) is 15.8. The number of esters is 2. The second kappa shape index (κ2) is 13.4. The minimum absolute atomic E-state index is 0.0406. The second-order valence-electron chi connectivity index (χ2n) is 7.98. The Morgan fingerprint density at radius 2 is 1.79 bits per heavy atom. The highest BCUT2D eigenvalue weighted by molar-refractivity contribution is 5.85. The van der Waals surface area contributed by atoms with Crippen molar-refractivity contribution in [3.63, 3.8) is 0 Å². The van der Waals surface area contributed by atoms with Crippen LogP contribution in [0.2, 0.25) is 0 Å². The van der Waals surface area contributed by atoms with E-state index in [9.17, 15) is 14.4 Å². The number of nitrogens with two attached hydrogens (primary N) is 2. The van der Waals surface area contributed by atoms with Gasteiger partial charge in [-0.15, -0.1) is 0 Å². The summed E-state index contributed by atoms with van der Waals surface area (Å²) in [7, 11) is 0. The van der Waals surface area contributed by atoms with E-state index in [0.717, 1.165) is 43.6 Å². The molecule has 184 valence electrons. The molecule has 1 aromatic heterocycles. The van der Waals surface area contributed by atoms with Crippen LogP contribution in [0.4, 0.5) is 17.6 Å². The molecule has 0 aliphatic carbocycles. The summed E-state index contributed by atoms with van der Waals surface area (Å²) in [5.41, 5.74) is 12.6. The average molecular weight is 465 g/mol. The average Bonchev–Trinajstić information content (AvgIpc) is 3.16. The Kier molecular flexibility index (Phi) is 10.6. The van der Waals surface area contributed by atoms with Gasteiger partial charge < -0.3 is 31.6 Å². The summed E-state index contributed by atoms with van der Waals surface area (Å²) in [4.78, 5) is 44.2. The van der Waals surface area contributed by atoms with Crippen molar-refractivity contribution in [2.75, 3.05) is 36.5 Å². The molecule has 1 aliphatic rings. The zero-order valence-electron chi connectivity index (χ0n) is 19.5. The number of aromatic nitrogens is 2. The van der Waals surface area contributed by atoms with Crippen LogP contribution in [0.15, 0.2) is 0 Å². The molecular formula is C22H36N6O5. The monoisotopic (exact) mass is 464 g/mol. The van der Waals surface area contributed by atoms with Crippen molar-refractivity contribution >= 4 is 35.4 Å². The van der Waals surface area contributed by atoms with Crippen LogP contribution in [0.5, 0.6) is 0 Å². The van der Waals surface area contributed by atoms with Crippen LogP contribution in [0.1, 0.15) is 76.7 Å². The van der Waals surface area contributed by atoms with Crippen molar-refractivity contribution in [1.82, 2.24) is 15.3 Å². The van der Waals surface area contributed by atoms with Gasteiger partial charge in [-0.3, -0.25) is 9.59 Å². The Hall–Kier alpha value is -3.11. The van der Waals surface area contributed by atoms with Gasteiger partial charge in [0.15, 0.2) is 0 Å². The predicted molar refractivity (Wildman–Crippen MR) is 124 cm³/mol. The highest BCUT2D eigenvalue weighted by Crippen LogP contribution is 2.37. The number of unbranched alkanes of at least 4 members (excludes halogenated alkanes) is 3. The van der Waals surface area contributed by atoms with Crippen molar-refractivity contribution in [3.8, 4) is 0 Å². The number of hydrogen-bond donors (Lipinski definition) is 4. The summed E-state index contributed by atoms with van der Waals surface area (Å²) in [6.45, 7) is 4.65. The van der Waals surface area contributed by atoms with Gasteiger partial charge in [0, 0.05) is 30.9 Å². The molecular weight excluding hydrogens is 428 g/mol. The van der Waals surface area contributed by atoms with Gasteiger partial charge in [0.1, 0.15) is 17.7 Å². The molecule has 0 fully saturated rings. The van der Waals surface area contributed by atoms with Crippen LogP contribution >= 0.6 is 0 Å². The number of hydrogen-bond acceptors (Lipinski definition) is 10. The second-order valence-corrected chi connectivity index (χ2v) is 7.98. The fourth-order valence-electron chi connectivity index (χ4n) is 3.89. The van der Waals surface area contributed by atoms with Crippen LogP contribution < -0.4 is 22.1 Å². The van der Waals surface area contributed by atoms with Crippen LogP contribution in [0.25, 0.3) is 0 Å². The smallest absolute Gasteiger partial charge is 0.328 e. The lowest BCUT2D eigenvalue weighted by molar-refractivity contribution is -0.148. The molecule has 1 aliphatic heterocycles. The Bertz CT molecular complexity index is 819. The summed E-state index contributed by atoms with van der Waals surface area (Å²) in [5.74, 6) is 0.415. The van der Waals surface area contributed by atoms with E-state index in [1.54, 1.807) is 13.8 Å². The first-order valence-electron chi connectivity index (χ1n) is 11.6. The lowest BCUT2D eigenvalue weighted by atomic mass is 9.96. The van der Waals surface area contributed by atoms with Gasteiger partial charge in [-0.05, 0) is 33.1 Å². The molecule has 33 heavy (non-hydrogen) atoms. The van der Waals surface area contributed by atoms with Crippen LogP contribution in [-0.2, 0) is 23.9 Å². The van der Waals surface area contributed by atoms with Gasteiger partial charge in [0.25, 0.3) is 0 Å². The van der Waals surface area contributed by atoms with E-state index in [-0.39, 0.29) is 43.8 Å². The third kappa shape index (κ3) is 8.39. The van der Waals surface area contributed by atoms with Gasteiger partial charge in [-0.25, -0.2) is 4.79 Å². The van der Waals surface area contributed by atoms with Gasteiger partial charge in [0.2, 0.25) is 11.9 Å². The first-order valence-corrected chi connectivity index (χ1v) is 11.6. The number of amides is 1. The van der Waals surface area contributed by atoms with E-state index < -0.39 is 18.0 Å². The highest BCUT2D eigenvalue weighted by Gasteiger charge is 2.27. The maximum absolute atomic E-state index is 12.3. The molecule has 1 amide bonds. The number of nitrogens with zero attached hydrogens (tertiary/aromatic N) is 2. The number of carbonyl (C=O) groups is 3. The molecule has 0 saturated carbocycles. The number of fused-ring (bicyclic) bond motifs is 1. The molecule has 2 heterocycles. The lowest BCUT2D eigenvalue weighted by Gasteiger charge is -2.17. The van der Waals surface area contributed by atoms with Crippen molar-refractivity contribution in [2.45, 2.75) is 77.2 Å². The van der Waals surface area contributed by atoms with Crippen LogP contribution in [0.3, 0.4) is 0 Å². The molecule has 2 rings (SSSR count). The predicted octanol–water partition coefficient (Wildman–Crippen LogP) is 1.88. The quantitative estimate of drug-likeness (QED) is 0.235. The molecule has 2 atom stereocenters. The Balaban J connectivity index is 1.67. The van der Waals surface area contributed by atoms with E-state index >= 15 is 0 Å². The molecule has 0 spiro atoms. The van der Waals surface area contributed by atoms with Crippen LogP contribution in [0, 0.1) is 0 Å². The third-order valence-corrected chi connectivity index (χ3v) is 5.47. The summed E-state index contributed by atoms with van der Waals surface area (Å²) < 4.78 is 9.89. The Labute approximate surface area is 194 Å². The van der Waals surface area contributed by atoms with Gasteiger partial charge in [-0.2, -0.15) is 9.97 Å². The zero-order valence-corrected chi connectivity index (χ0v) is 19.5. The minimum atomic E-state index is -0.849. The fraction of sp³-hybridized carbons (Fsp3) is 0.682. The van der Waals surface area contributed by atoms with Crippen LogP contribution in [-0.4, -0.2) is 53.6 Å². The number of nitrogen functional groups attached to an aromatic ring is 2. The van der Waals surface area contributed by atoms with Gasteiger partial charge in [-0.1, -0.05) is 19.3 Å². The first kappa shape index (κ1) is 26.1. The van der Waals surface area contributed by atoms with E-state index in [2.05, 4.69) is 20.6 Å². The summed E-state index contributed by atoms with van der Waals surface area (Å²) in [6, 6.07) is -0.849. The minimum Gasteiger partial charge on any atom is -0.466 e. The molecule has 1 unspecified atom stereocenters. The molecule has 11 heteroatoms. The number of nitrogens with one attached hydrogen (secondary N) is 2. The number of anilines is 3. The Morgan fingerprint density at radius 1 is 1.06 bits per heavy atom. The summed E-state index contributed by atoms with van der Waals surface area (Å²) >= 11 is 0. The van der Waals surface area contributed by atoms with Crippen molar-refractivity contribution in [2.24, 2.45) is 0 Å². The van der Waals surface area contributed by atoms with Crippen molar-refractivity contribution in [3.05, 3.63) is 5.56 Å². The third-order valence-electron chi connectivity index (χ3n) is 5.47. The zero-order chi connectivity index (χ0) is 24.2. The summed E-state index contributed by atoms with van der Waals surface area (Å²) in [6.07, 6.45) is 5.01. The molecule has 0 radical (unpaired) electrons. The maximum Gasteiger partial charge on any atom is 0.328 e. The van der Waals surface area contributed by atoms with Gasteiger partial charge in [0.05, 0.1) is 13.2 Å². The standard InChI is InChI=1S/C22H36N6O5/c1-3-32-17(30)12-11-15(21(31)33-4-2)26-16(29)10-8-6-5-7-9-14-13-25-20-18(14)19(23)27-22(24)28-20/h14-15H,3-13H2,1-2H3,(H,26,29)(H5,23,24,25,27,28)/t14?,15-/m1/s1. The van der Waals surface area contributed by atoms with E-state index in [1.165, 1.54) is 0 Å². The maximum atomic E-state index is 12.3. The molecule has 11 nitrogen and oxygen atoms in total. The van der Waals surface area contributed by atoms with E-state index in [1.807, 2.05) is 0 Å². The molecule has 0 saturated heterocycles. The lowest BCUT2D eigenvalue weighted by Crippen LogP contribution is -2.42. The number of ether oxygens (including phenoxy) is 2. The SMILES string of the molecule is CCOC(=O)CC[C@@H](NC(=O)CCCCCCC1CNc2nc(N)nc(N)c21)C(=O)OCC. The fourth-order valence-corrected chi connectivity index (χ4v) is 3.89. The summed E-state index contributed by atoms with van der Waals surface area (Å²) in [5, 5.41) is 5.92. The van der Waals surface area contributed by atoms with Gasteiger partial charge >= 0.3 is 11.9 Å². The molecule has 0 aromatic carbocycles. The molecule has 6 N–H and O–H groups in total. The van der Waals surface area contributed by atoms with Crippen molar-refractivity contribution in [1.29, 1.82) is 0 Å². The normalized spacial score (nSPS) is 15.3. The number of rotatable bonds is 14. The molecule has 0 bridgehead atoms. The molecule has 1 aromatic rings. The highest BCUT2D eigenvalue weighted by atomic mass is 16.5. The topological polar surface area (TPSA) is 172 Å². The van der Waals surface area contributed by atoms with E-state index in [4.69, 9.17) is 20.9 Å². The Morgan fingerprint density at radius 3 is 2.52 bits per heavy atom. The van der Waals surface area contributed by atoms with E-state index in [0.29, 0.717) is 18.7 Å². The largest absolute Gasteiger partial charge is 0.466 e. The van der Waals surface area contributed by atoms with Crippen molar-refractivity contribution < 1.29 is 23.9 Å². The number of carbonyl (C=O) groups excluding carboxylic acids is 3.